The number of carbonyl (C=O) groups is 1. The molecule has 2 aromatic carbocycles. The lowest BCUT2D eigenvalue weighted by molar-refractivity contribution is -0.142. The van der Waals surface area contributed by atoms with Crippen molar-refractivity contribution >= 4 is 29.1 Å². The number of hydrogen-bond acceptors (Lipinski definition) is 8. The van der Waals surface area contributed by atoms with Crippen LogP contribution in [0.1, 0.15) is 29.4 Å². The number of fused-ring (bicyclic) bond motifs is 1. The smallest absolute Gasteiger partial charge is 0.310 e. The summed E-state index contributed by atoms with van der Waals surface area (Å²) < 4.78 is 32.8. The average molecular weight is 469 g/mol. The first-order valence-electron chi connectivity index (χ1n) is 10.6. The molecule has 1 heterocycles. The number of rotatable bonds is 9. The van der Waals surface area contributed by atoms with E-state index in [9.17, 15) is 9.59 Å². The largest absolute Gasteiger partial charge is 0.496 e. The molecule has 1 aromatic heterocycles. The number of esters is 1. The molecular weight excluding hydrogens is 440 g/mol. The second-order valence-corrected chi connectivity index (χ2v) is 7.32. The molecule has 0 unspecified atom stereocenters. The molecule has 8 heteroatoms. The Hall–Kier alpha value is -3.94. The van der Waals surface area contributed by atoms with Gasteiger partial charge in [0.15, 0.2) is 16.9 Å². The van der Waals surface area contributed by atoms with Crippen LogP contribution >= 0.6 is 0 Å². The highest BCUT2D eigenvalue weighted by atomic mass is 16.5. The van der Waals surface area contributed by atoms with Gasteiger partial charge in [0.1, 0.15) is 17.1 Å². The van der Waals surface area contributed by atoms with Crippen LogP contribution in [0.5, 0.6) is 23.0 Å². The maximum absolute atomic E-state index is 13.1. The third-order valence-electron chi connectivity index (χ3n) is 5.34. The van der Waals surface area contributed by atoms with Gasteiger partial charge in [-0.15, -0.1) is 0 Å². The molecule has 34 heavy (non-hydrogen) atoms. The third kappa shape index (κ3) is 4.85. The second kappa shape index (κ2) is 10.8. The first-order chi connectivity index (χ1) is 16.4. The van der Waals surface area contributed by atoms with E-state index in [-0.39, 0.29) is 24.0 Å². The summed E-state index contributed by atoms with van der Waals surface area (Å²) >= 11 is 0. The molecule has 3 aromatic rings. The average Bonchev–Trinajstić information content (AvgIpc) is 2.84. The topological polar surface area (TPSA) is 93.4 Å². The van der Waals surface area contributed by atoms with Gasteiger partial charge < -0.3 is 28.1 Å². The zero-order valence-electron chi connectivity index (χ0n) is 20.1. The lowest BCUT2D eigenvalue weighted by Gasteiger charge is -2.13. The van der Waals surface area contributed by atoms with Crippen LogP contribution in [0.3, 0.4) is 0 Å². The van der Waals surface area contributed by atoms with Crippen molar-refractivity contribution in [2.75, 3.05) is 35.0 Å². The van der Waals surface area contributed by atoms with Crippen molar-refractivity contribution in [2.24, 2.45) is 0 Å². The highest BCUT2D eigenvalue weighted by Crippen LogP contribution is 2.38. The van der Waals surface area contributed by atoms with Crippen LogP contribution < -0.4 is 24.4 Å². The Morgan fingerprint density at radius 1 is 0.941 bits per heavy atom. The molecular formula is C26H28O8. The van der Waals surface area contributed by atoms with Gasteiger partial charge in [0.25, 0.3) is 0 Å². The van der Waals surface area contributed by atoms with Crippen LogP contribution in [0.4, 0.5) is 0 Å². The minimum absolute atomic E-state index is 0.0869. The predicted molar refractivity (Wildman–Crippen MR) is 129 cm³/mol. The summed E-state index contributed by atoms with van der Waals surface area (Å²) in [5, 5.41) is 0.363. The maximum atomic E-state index is 13.1. The van der Waals surface area contributed by atoms with Crippen molar-refractivity contribution in [2.45, 2.75) is 20.3 Å². The zero-order chi connectivity index (χ0) is 24.8. The second-order valence-electron chi connectivity index (χ2n) is 7.32. The molecule has 0 bridgehead atoms. The Morgan fingerprint density at radius 3 is 2.15 bits per heavy atom. The highest BCUT2D eigenvalue weighted by Gasteiger charge is 2.19. The fraction of sp³-hybridized carbons (Fsp3) is 0.308. The number of ether oxygens (including phenoxy) is 5. The molecule has 0 amide bonds. The molecule has 0 saturated carbocycles. The van der Waals surface area contributed by atoms with Crippen molar-refractivity contribution < 1.29 is 32.9 Å². The summed E-state index contributed by atoms with van der Waals surface area (Å²) in [5.74, 6) is 1.83. The Kier molecular flexibility index (Phi) is 7.83. The minimum atomic E-state index is -0.439. The van der Waals surface area contributed by atoms with Crippen LogP contribution in [0, 0.1) is 6.92 Å². The molecule has 0 fully saturated rings. The van der Waals surface area contributed by atoms with E-state index in [1.54, 1.807) is 50.3 Å². The Morgan fingerprint density at radius 2 is 1.59 bits per heavy atom. The fourth-order valence-electron chi connectivity index (χ4n) is 3.65. The van der Waals surface area contributed by atoms with Gasteiger partial charge in [0.2, 0.25) is 5.75 Å². The number of benzene rings is 2. The van der Waals surface area contributed by atoms with Gasteiger partial charge in [-0.25, -0.2) is 0 Å². The minimum Gasteiger partial charge on any atom is -0.496 e. The molecule has 0 aliphatic carbocycles. The van der Waals surface area contributed by atoms with Gasteiger partial charge in [-0.2, -0.15) is 0 Å². The summed E-state index contributed by atoms with van der Waals surface area (Å²) in [6.45, 7) is 3.67. The molecule has 8 nitrogen and oxygen atoms in total. The van der Waals surface area contributed by atoms with E-state index >= 15 is 0 Å². The van der Waals surface area contributed by atoms with E-state index < -0.39 is 5.97 Å². The van der Waals surface area contributed by atoms with E-state index in [0.717, 1.165) is 5.56 Å². The first-order valence-corrected chi connectivity index (χ1v) is 10.6. The van der Waals surface area contributed by atoms with E-state index in [1.807, 2.05) is 0 Å². The number of methoxy groups -OCH3 is 4. The van der Waals surface area contributed by atoms with Gasteiger partial charge >= 0.3 is 5.97 Å². The summed E-state index contributed by atoms with van der Waals surface area (Å²) in [4.78, 5) is 25.3. The van der Waals surface area contributed by atoms with Crippen molar-refractivity contribution in [3.8, 4) is 23.0 Å². The van der Waals surface area contributed by atoms with Gasteiger partial charge in [-0.1, -0.05) is 6.08 Å². The normalized spacial score (nSPS) is 11.0. The van der Waals surface area contributed by atoms with Gasteiger partial charge in [-0.3, -0.25) is 9.59 Å². The van der Waals surface area contributed by atoms with Crippen LogP contribution in [-0.4, -0.2) is 41.0 Å². The molecule has 0 spiro atoms. The van der Waals surface area contributed by atoms with Crippen LogP contribution in [0.15, 0.2) is 33.5 Å². The van der Waals surface area contributed by atoms with Crippen LogP contribution in [0.2, 0.25) is 0 Å². The predicted octanol–water partition coefficient (Wildman–Crippen LogP) is 4.41. The molecule has 0 aliphatic heterocycles. The first kappa shape index (κ1) is 24.7. The molecule has 0 atom stereocenters. The lowest BCUT2D eigenvalue weighted by atomic mass is 10.0. The SMILES string of the molecule is CCOC(=O)Cc1c(OC)ccc2c(=O)c(C)c(/C=C/c3cc(OC)c(OC)c(OC)c3)oc12. The molecule has 0 radical (unpaired) electrons. The molecule has 3 rings (SSSR count). The molecule has 0 N–H and O–H groups in total. The number of carbonyl (C=O) groups excluding carboxylic acids is 1. The zero-order valence-corrected chi connectivity index (χ0v) is 20.1. The summed E-state index contributed by atoms with van der Waals surface area (Å²) in [5.41, 5.74) is 1.72. The van der Waals surface area contributed by atoms with E-state index in [4.69, 9.17) is 28.1 Å². The Bertz CT molecular complexity index is 1260. The van der Waals surface area contributed by atoms with Gasteiger partial charge in [0.05, 0.1) is 46.9 Å². The monoisotopic (exact) mass is 468 g/mol. The quantitative estimate of drug-likeness (QED) is 0.426. The molecule has 0 saturated heterocycles. The Balaban J connectivity index is 2.15. The lowest BCUT2D eigenvalue weighted by Crippen LogP contribution is -2.12. The standard InChI is InChI=1S/C26H28O8/c1-7-33-23(27)14-18-20(29-3)11-9-17-24(28)15(2)19(34-25(17)18)10-8-16-12-21(30-4)26(32-6)22(13-16)31-5/h8-13H,7,14H2,1-6H3/b10-8+. The Labute approximate surface area is 197 Å². The highest BCUT2D eigenvalue weighted by molar-refractivity contribution is 5.88. The molecule has 0 aliphatic rings. The van der Waals surface area contributed by atoms with Crippen molar-refractivity contribution in [1.29, 1.82) is 0 Å². The summed E-state index contributed by atoms with van der Waals surface area (Å²) in [7, 11) is 6.10. The van der Waals surface area contributed by atoms with Crippen molar-refractivity contribution in [3.63, 3.8) is 0 Å². The van der Waals surface area contributed by atoms with Gasteiger partial charge in [-0.05, 0) is 49.8 Å². The van der Waals surface area contributed by atoms with E-state index in [1.165, 1.54) is 28.4 Å². The number of hydrogen-bond donors (Lipinski definition) is 0. The van der Waals surface area contributed by atoms with Crippen LogP contribution in [-0.2, 0) is 16.0 Å². The molecule has 180 valence electrons. The van der Waals surface area contributed by atoms with Crippen LogP contribution in [0.25, 0.3) is 23.1 Å². The fourth-order valence-corrected chi connectivity index (χ4v) is 3.65. The summed E-state index contributed by atoms with van der Waals surface area (Å²) in [6, 6.07) is 6.84. The van der Waals surface area contributed by atoms with E-state index in [0.29, 0.717) is 45.3 Å². The maximum Gasteiger partial charge on any atom is 0.310 e. The van der Waals surface area contributed by atoms with Crippen molar-refractivity contribution in [1.82, 2.24) is 0 Å². The van der Waals surface area contributed by atoms with Gasteiger partial charge in [0, 0.05) is 11.1 Å². The third-order valence-corrected chi connectivity index (χ3v) is 5.34. The van der Waals surface area contributed by atoms with E-state index in [2.05, 4.69) is 0 Å². The van der Waals surface area contributed by atoms with Crippen molar-refractivity contribution in [3.05, 3.63) is 56.9 Å². The summed E-state index contributed by atoms with van der Waals surface area (Å²) in [6.07, 6.45) is 3.37.